The smallest absolute Gasteiger partial charge is 0.344 e. The predicted molar refractivity (Wildman–Crippen MR) is 76.5 cm³/mol. The number of carbonyl (C=O) groups is 2. The average Bonchev–Trinajstić information content (AvgIpc) is 2.46. The molecule has 0 unspecified atom stereocenters. The first-order chi connectivity index (χ1) is 9.58. The number of fused-ring (bicyclic) bond motifs is 1. The minimum Gasteiger partial charge on any atom is -0.344 e. The summed E-state index contributed by atoms with van der Waals surface area (Å²) in [7, 11) is 3.17. The van der Waals surface area contributed by atoms with E-state index in [1.54, 1.807) is 26.2 Å². The summed E-state index contributed by atoms with van der Waals surface area (Å²) in [6.45, 7) is 0. The molecule has 102 valence electrons. The van der Waals surface area contributed by atoms with Crippen LogP contribution in [0.3, 0.4) is 0 Å². The molecule has 5 heteroatoms. The third-order valence-corrected chi connectivity index (χ3v) is 2.72. The Hall–Kier alpha value is -2.69. The number of hydrogen-bond donors (Lipinski definition) is 0. The monoisotopic (exact) mass is 270 g/mol. The summed E-state index contributed by atoms with van der Waals surface area (Å²) in [6, 6.07) is 12.9. The van der Waals surface area contributed by atoms with Gasteiger partial charge in [-0.25, -0.2) is 4.79 Å². The molecule has 5 nitrogen and oxygen atoms in total. The Morgan fingerprint density at radius 2 is 1.80 bits per heavy atom. The van der Waals surface area contributed by atoms with Gasteiger partial charge in [-0.05, 0) is 22.9 Å². The van der Waals surface area contributed by atoms with Crippen molar-refractivity contribution in [2.45, 2.75) is 0 Å². The van der Waals surface area contributed by atoms with Gasteiger partial charge in [0.1, 0.15) is 6.21 Å². The highest BCUT2D eigenvalue weighted by molar-refractivity contribution is 6.25. The van der Waals surface area contributed by atoms with Crippen LogP contribution in [0.2, 0.25) is 0 Å². The van der Waals surface area contributed by atoms with Gasteiger partial charge in [0.2, 0.25) is 0 Å². The van der Waals surface area contributed by atoms with E-state index >= 15 is 0 Å². The Labute approximate surface area is 116 Å². The number of amides is 1. The van der Waals surface area contributed by atoms with E-state index in [-0.39, 0.29) is 5.91 Å². The van der Waals surface area contributed by atoms with Crippen molar-refractivity contribution in [2.24, 2.45) is 5.16 Å². The van der Waals surface area contributed by atoms with Crippen LogP contribution in [0.25, 0.3) is 10.8 Å². The first kappa shape index (κ1) is 13.7. The lowest BCUT2D eigenvalue weighted by molar-refractivity contribution is -0.121. The Kier molecular flexibility index (Phi) is 4.10. The molecule has 0 N–H and O–H groups in total. The summed E-state index contributed by atoms with van der Waals surface area (Å²) in [5, 5.41) is 5.36. The molecule has 0 saturated heterocycles. The molecule has 0 bridgehead atoms. The summed E-state index contributed by atoms with van der Waals surface area (Å²) in [5.41, 5.74) is 0.387. The van der Waals surface area contributed by atoms with Crippen molar-refractivity contribution in [2.75, 3.05) is 14.1 Å². The van der Waals surface area contributed by atoms with Crippen molar-refractivity contribution in [3.63, 3.8) is 0 Å². The van der Waals surface area contributed by atoms with E-state index in [9.17, 15) is 9.59 Å². The fourth-order valence-corrected chi connectivity index (χ4v) is 1.60. The second-order valence-electron chi connectivity index (χ2n) is 4.41. The van der Waals surface area contributed by atoms with Gasteiger partial charge < -0.3 is 9.74 Å². The zero-order chi connectivity index (χ0) is 14.5. The quantitative estimate of drug-likeness (QED) is 0.487. The van der Waals surface area contributed by atoms with E-state index in [1.807, 2.05) is 30.3 Å². The molecule has 0 spiro atoms. The van der Waals surface area contributed by atoms with Gasteiger partial charge in [-0.3, -0.25) is 4.79 Å². The molecular formula is C15H14N2O3. The van der Waals surface area contributed by atoms with Gasteiger partial charge in [0.25, 0.3) is 5.91 Å². The van der Waals surface area contributed by atoms with Crippen LogP contribution in [-0.2, 0) is 9.63 Å². The predicted octanol–water partition coefficient (Wildman–Crippen LogP) is 2.07. The van der Waals surface area contributed by atoms with Gasteiger partial charge in [-0.1, -0.05) is 35.5 Å². The van der Waals surface area contributed by atoms with Crippen LogP contribution in [0.15, 0.2) is 47.6 Å². The van der Waals surface area contributed by atoms with Crippen LogP contribution >= 0.6 is 0 Å². The molecule has 0 atom stereocenters. The average molecular weight is 270 g/mol. The molecule has 0 heterocycles. The normalized spacial score (nSPS) is 10.7. The highest BCUT2D eigenvalue weighted by Crippen LogP contribution is 2.16. The Balaban J connectivity index is 2.10. The minimum atomic E-state index is -0.599. The first-order valence-electron chi connectivity index (χ1n) is 6.03. The Morgan fingerprint density at radius 1 is 1.10 bits per heavy atom. The van der Waals surface area contributed by atoms with Crippen molar-refractivity contribution >= 4 is 28.9 Å². The molecule has 0 aromatic heterocycles. The highest BCUT2D eigenvalue weighted by Gasteiger charge is 2.08. The number of benzene rings is 2. The summed E-state index contributed by atoms with van der Waals surface area (Å²) in [5.74, 6) is -0.949. The molecule has 0 radical (unpaired) electrons. The fraction of sp³-hybridized carbons (Fsp3) is 0.133. The number of rotatable bonds is 3. The summed E-state index contributed by atoms with van der Waals surface area (Å²) in [6.07, 6.45) is 0.957. The van der Waals surface area contributed by atoms with Crippen molar-refractivity contribution in [3.8, 4) is 0 Å². The maximum atomic E-state index is 11.8. The van der Waals surface area contributed by atoms with E-state index in [1.165, 1.54) is 4.90 Å². The third-order valence-electron chi connectivity index (χ3n) is 2.72. The summed E-state index contributed by atoms with van der Waals surface area (Å²) < 4.78 is 0. The van der Waals surface area contributed by atoms with E-state index in [2.05, 4.69) is 9.99 Å². The first-order valence-corrected chi connectivity index (χ1v) is 6.03. The molecule has 0 fully saturated rings. The number of carbonyl (C=O) groups excluding carboxylic acids is 2. The fourth-order valence-electron chi connectivity index (χ4n) is 1.60. The van der Waals surface area contributed by atoms with Crippen LogP contribution in [0.1, 0.15) is 10.4 Å². The van der Waals surface area contributed by atoms with E-state index < -0.39 is 5.97 Å². The molecule has 2 aromatic rings. The molecule has 2 rings (SSSR count). The number of hydrogen-bond acceptors (Lipinski definition) is 4. The molecule has 0 saturated carbocycles. The maximum Gasteiger partial charge on any atom is 0.365 e. The Morgan fingerprint density at radius 3 is 2.50 bits per heavy atom. The summed E-state index contributed by atoms with van der Waals surface area (Å²) in [4.78, 5) is 29.0. The highest BCUT2D eigenvalue weighted by atomic mass is 16.7. The van der Waals surface area contributed by atoms with Crippen LogP contribution in [0.4, 0.5) is 0 Å². The zero-order valence-electron chi connectivity index (χ0n) is 11.2. The largest absolute Gasteiger partial charge is 0.365 e. The number of nitrogens with zero attached hydrogens (tertiary/aromatic N) is 2. The van der Waals surface area contributed by atoms with Crippen molar-refractivity contribution in [1.29, 1.82) is 0 Å². The van der Waals surface area contributed by atoms with Gasteiger partial charge >= 0.3 is 5.97 Å². The topological polar surface area (TPSA) is 59.0 Å². The lowest BCUT2D eigenvalue weighted by atomic mass is 10.1. The van der Waals surface area contributed by atoms with Gasteiger partial charge in [-0.2, -0.15) is 0 Å². The van der Waals surface area contributed by atoms with E-state index in [0.717, 1.165) is 17.0 Å². The molecule has 0 aliphatic carbocycles. The van der Waals surface area contributed by atoms with Crippen molar-refractivity contribution in [1.82, 2.24) is 4.90 Å². The van der Waals surface area contributed by atoms with E-state index in [4.69, 9.17) is 0 Å². The second-order valence-corrected chi connectivity index (χ2v) is 4.41. The SMILES string of the molecule is CN(C)C(=O)C=NOC(=O)c1ccc2ccccc2c1. The molecule has 2 aromatic carbocycles. The lowest BCUT2D eigenvalue weighted by Gasteiger charge is -2.04. The van der Waals surface area contributed by atoms with Gasteiger partial charge in [0.15, 0.2) is 0 Å². The van der Waals surface area contributed by atoms with Crippen LogP contribution in [0, 0.1) is 0 Å². The van der Waals surface area contributed by atoms with Crippen LogP contribution in [0.5, 0.6) is 0 Å². The van der Waals surface area contributed by atoms with E-state index in [0.29, 0.717) is 5.56 Å². The van der Waals surface area contributed by atoms with Gasteiger partial charge in [-0.15, -0.1) is 0 Å². The summed E-state index contributed by atoms with van der Waals surface area (Å²) >= 11 is 0. The molecular weight excluding hydrogens is 256 g/mol. The molecule has 0 aliphatic rings. The second kappa shape index (κ2) is 5.97. The van der Waals surface area contributed by atoms with Crippen LogP contribution in [-0.4, -0.2) is 37.1 Å². The van der Waals surface area contributed by atoms with Gasteiger partial charge in [0, 0.05) is 14.1 Å². The standard InChI is InChI=1S/C15H14N2O3/c1-17(2)14(18)10-16-20-15(19)13-8-7-11-5-3-4-6-12(11)9-13/h3-10H,1-2H3. The zero-order valence-corrected chi connectivity index (χ0v) is 11.2. The lowest BCUT2D eigenvalue weighted by Crippen LogP contribution is -2.22. The number of oxime groups is 1. The van der Waals surface area contributed by atoms with Crippen molar-refractivity contribution < 1.29 is 14.4 Å². The maximum absolute atomic E-state index is 11.8. The van der Waals surface area contributed by atoms with Crippen molar-refractivity contribution in [3.05, 3.63) is 48.0 Å². The molecule has 20 heavy (non-hydrogen) atoms. The molecule has 0 aliphatic heterocycles. The Bertz CT molecular complexity index is 678. The molecule has 1 amide bonds. The van der Waals surface area contributed by atoms with Gasteiger partial charge in [0.05, 0.1) is 5.56 Å². The third kappa shape index (κ3) is 3.20. The minimum absolute atomic E-state index is 0.351. The van der Waals surface area contributed by atoms with Crippen LogP contribution < -0.4 is 0 Å².